The Morgan fingerprint density at radius 2 is 1.85 bits per heavy atom. The molecule has 1 rings (SSSR count). The maximum absolute atomic E-state index is 12.9. The standard InChI is InChI=1S/C9H10F2O2/c1-5(2)13-9-4-8(12)6(10)3-7(9)11/h3-5,12H,1-2H3. The fourth-order valence-electron chi connectivity index (χ4n) is 0.863. The molecule has 1 aromatic carbocycles. The van der Waals surface area contributed by atoms with Crippen molar-refractivity contribution in [2.45, 2.75) is 20.0 Å². The van der Waals surface area contributed by atoms with E-state index in [-0.39, 0.29) is 11.9 Å². The fraction of sp³-hybridized carbons (Fsp3) is 0.333. The van der Waals surface area contributed by atoms with E-state index in [1.807, 2.05) is 0 Å². The highest BCUT2D eigenvalue weighted by molar-refractivity contribution is 5.34. The van der Waals surface area contributed by atoms with Gasteiger partial charge < -0.3 is 9.84 Å². The summed E-state index contributed by atoms with van der Waals surface area (Å²) in [5.74, 6) is -2.57. The van der Waals surface area contributed by atoms with Crippen molar-refractivity contribution in [3.05, 3.63) is 23.8 Å². The zero-order valence-corrected chi connectivity index (χ0v) is 7.34. The molecule has 0 amide bonds. The van der Waals surface area contributed by atoms with E-state index in [2.05, 4.69) is 0 Å². The minimum absolute atomic E-state index is 0.145. The molecule has 0 saturated heterocycles. The molecule has 0 saturated carbocycles. The average Bonchev–Trinajstić information content (AvgIpc) is 1.99. The third-order valence-electron chi connectivity index (χ3n) is 1.36. The van der Waals surface area contributed by atoms with Gasteiger partial charge in [0.1, 0.15) is 0 Å². The molecule has 0 atom stereocenters. The van der Waals surface area contributed by atoms with Crippen LogP contribution in [0.2, 0.25) is 0 Å². The Hall–Kier alpha value is -1.32. The molecule has 2 nitrogen and oxygen atoms in total. The summed E-state index contributed by atoms with van der Waals surface area (Å²) in [7, 11) is 0. The third-order valence-corrected chi connectivity index (χ3v) is 1.36. The monoisotopic (exact) mass is 188 g/mol. The number of halogens is 2. The predicted octanol–water partition coefficient (Wildman–Crippen LogP) is 2.46. The molecule has 0 aliphatic rings. The first-order valence-corrected chi connectivity index (χ1v) is 3.85. The minimum Gasteiger partial charge on any atom is -0.505 e. The highest BCUT2D eigenvalue weighted by Gasteiger charge is 2.10. The van der Waals surface area contributed by atoms with Gasteiger partial charge in [0.25, 0.3) is 0 Å². The lowest BCUT2D eigenvalue weighted by molar-refractivity contribution is 0.229. The van der Waals surface area contributed by atoms with Crippen molar-refractivity contribution in [2.24, 2.45) is 0 Å². The number of phenolic OH excluding ortho intramolecular Hbond substituents is 1. The number of hydrogen-bond acceptors (Lipinski definition) is 2. The van der Waals surface area contributed by atoms with Crippen LogP contribution >= 0.6 is 0 Å². The summed E-state index contributed by atoms with van der Waals surface area (Å²) in [5, 5.41) is 8.92. The zero-order chi connectivity index (χ0) is 10.0. The summed E-state index contributed by atoms with van der Waals surface area (Å²) in [6.07, 6.45) is -0.223. The number of ether oxygens (including phenoxy) is 1. The summed E-state index contributed by atoms with van der Waals surface area (Å²) >= 11 is 0. The molecule has 0 aliphatic heterocycles. The second-order valence-corrected chi connectivity index (χ2v) is 2.90. The smallest absolute Gasteiger partial charge is 0.168 e. The van der Waals surface area contributed by atoms with Crippen molar-refractivity contribution in [2.75, 3.05) is 0 Å². The van der Waals surface area contributed by atoms with Gasteiger partial charge in [0.15, 0.2) is 23.1 Å². The van der Waals surface area contributed by atoms with E-state index in [9.17, 15) is 8.78 Å². The van der Waals surface area contributed by atoms with Crippen LogP contribution in [0, 0.1) is 11.6 Å². The zero-order valence-electron chi connectivity index (χ0n) is 7.34. The van der Waals surface area contributed by atoms with Crippen LogP contribution in [0.1, 0.15) is 13.8 Å². The molecule has 0 aromatic heterocycles. The fourth-order valence-corrected chi connectivity index (χ4v) is 0.863. The van der Waals surface area contributed by atoms with Gasteiger partial charge in [-0.15, -0.1) is 0 Å². The van der Waals surface area contributed by atoms with Gasteiger partial charge in [-0.05, 0) is 13.8 Å². The van der Waals surface area contributed by atoms with Gasteiger partial charge in [-0.2, -0.15) is 0 Å². The molecule has 0 radical (unpaired) electrons. The summed E-state index contributed by atoms with van der Waals surface area (Å²) in [6, 6.07) is 1.51. The molecule has 0 unspecified atom stereocenters. The van der Waals surface area contributed by atoms with Crippen molar-refractivity contribution in [1.29, 1.82) is 0 Å². The van der Waals surface area contributed by atoms with E-state index in [4.69, 9.17) is 9.84 Å². The largest absolute Gasteiger partial charge is 0.505 e. The van der Waals surface area contributed by atoms with Crippen LogP contribution in [0.5, 0.6) is 11.5 Å². The van der Waals surface area contributed by atoms with Crippen LogP contribution in [0.25, 0.3) is 0 Å². The Morgan fingerprint density at radius 1 is 1.23 bits per heavy atom. The molecule has 0 heterocycles. The summed E-state index contributed by atoms with van der Waals surface area (Å²) in [4.78, 5) is 0. The van der Waals surface area contributed by atoms with E-state index < -0.39 is 17.4 Å². The van der Waals surface area contributed by atoms with Crippen LogP contribution in [0.4, 0.5) is 8.78 Å². The Labute approximate surface area is 74.8 Å². The van der Waals surface area contributed by atoms with Crippen molar-refractivity contribution < 1.29 is 18.6 Å². The van der Waals surface area contributed by atoms with E-state index in [1.54, 1.807) is 13.8 Å². The Bertz CT molecular complexity index is 311. The number of hydrogen-bond donors (Lipinski definition) is 1. The van der Waals surface area contributed by atoms with Gasteiger partial charge >= 0.3 is 0 Å². The molecule has 72 valence electrons. The van der Waals surface area contributed by atoms with Crippen molar-refractivity contribution in [3.8, 4) is 11.5 Å². The summed E-state index contributed by atoms with van der Waals surface area (Å²) in [6.45, 7) is 3.42. The SMILES string of the molecule is CC(C)Oc1cc(O)c(F)cc1F. The minimum atomic E-state index is -0.992. The summed E-state index contributed by atoms with van der Waals surface area (Å²) < 4.78 is 30.4. The lowest BCUT2D eigenvalue weighted by Gasteiger charge is -2.10. The van der Waals surface area contributed by atoms with E-state index in [0.717, 1.165) is 6.07 Å². The number of aromatic hydroxyl groups is 1. The lowest BCUT2D eigenvalue weighted by atomic mass is 10.3. The highest BCUT2D eigenvalue weighted by atomic mass is 19.1. The lowest BCUT2D eigenvalue weighted by Crippen LogP contribution is -2.07. The first kappa shape index (κ1) is 9.77. The Morgan fingerprint density at radius 3 is 2.38 bits per heavy atom. The van der Waals surface area contributed by atoms with Gasteiger partial charge in [0.2, 0.25) is 0 Å². The van der Waals surface area contributed by atoms with Gasteiger partial charge in [-0.3, -0.25) is 0 Å². The first-order chi connectivity index (χ1) is 6.00. The quantitative estimate of drug-likeness (QED) is 0.772. The van der Waals surface area contributed by atoms with Gasteiger partial charge in [0, 0.05) is 12.1 Å². The molecule has 0 fully saturated rings. The molecule has 13 heavy (non-hydrogen) atoms. The molecular weight excluding hydrogens is 178 g/mol. The number of rotatable bonds is 2. The normalized spacial score (nSPS) is 10.5. The second kappa shape index (κ2) is 3.60. The summed E-state index contributed by atoms with van der Waals surface area (Å²) in [5.41, 5.74) is 0. The van der Waals surface area contributed by atoms with Crippen LogP contribution in [0.15, 0.2) is 12.1 Å². The number of phenols is 1. The van der Waals surface area contributed by atoms with E-state index >= 15 is 0 Å². The van der Waals surface area contributed by atoms with Crippen molar-refractivity contribution in [3.63, 3.8) is 0 Å². The molecule has 1 N–H and O–H groups in total. The van der Waals surface area contributed by atoms with Gasteiger partial charge in [-0.25, -0.2) is 8.78 Å². The second-order valence-electron chi connectivity index (χ2n) is 2.90. The van der Waals surface area contributed by atoms with E-state index in [1.165, 1.54) is 0 Å². The van der Waals surface area contributed by atoms with Crippen molar-refractivity contribution in [1.82, 2.24) is 0 Å². The Kier molecular flexibility index (Phi) is 2.70. The third kappa shape index (κ3) is 2.31. The molecule has 0 spiro atoms. The van der Waals surface area contributed by atoms with Crippen LogP contribution in [-0.2, 0) is 0 Å². The van der Waals surface area contributed by atoms with Crippen molar-refractivity contribution >= 4 is 0 Å². The maximum atomic E-state index is 12.9. The molecular formula is C9H10F2O2. The van der Waals surface area contributed by atoms with E-state index in [0.29, 0.717) is 6.07 Å². The van der Waals surface area contributed by atoms with Gasteiger partial charge in [-0.1, -0.05) is 0 Å². The highest BCUT2D eigenvalue weighted by Crippen LogP contribution is 2.26. The number of benzene rings is 1. The molecule has 0 bridgehead atoms. The van der Waals surface area contributed by atoms with Gasteiger partial charge in [0.05, 0.1) is 6.10 Å². The first-order valence-electron chi connectivity index (χ1n) is 3.85. The van der Waals surface area contributed by atoms with Crippen LogP contribution in [-0.4, -0.2) is 11.2 Å². The topological polar surface area (TPSA) is 29.5 Å². The maximum Gasteiger partial charge on any atom is 0.168 e. The molecule has 0 aliphatic carbocycles. The average molecular weight is 188 g/mol. The van der Waals surface area contributed by atoms with Crippen LogP contribution in [0.3, 0.4) is 0 Å². The predicted molar refractivity (Wildman–Crippen MR) is 43.8 cm³/mol. The Balaban J connectivity index is 3.01. The van der Waals surface area contributed by atoms with Crippen LogP contribution < -0.4 is 4.74 Å². The molecule has 1 aromatic rings. The molecule has 4 heteroatoms.